The maximum absolute atomic E-state index is 6.15. The lowest BCUT2D eigenvalue weighted by atomic mass is 9.85. The first-order valence-electron chi connectivity index (χ1n) is 6.88. The number of rotatable bonds is 6. The van der Waals surface area contributed by atoms with E-state index in [0.29, 0.717) is 23.7 Å². The quantitative estimate of drug-likeness (QED) is 0.686. The molecule has 0 amide bonds. The summed E-state index contributed by atoms with van der Waals surface area (Å²) in [6.45, 7) is 9.66. The Bertz CT molecular complexity index is 198. The number of ether oxygens (including phenoxy) is 2. The van der Waals surface area contributed by atoms with E-state index in [1.165, 1.54) is 12.8 Å². The van der Waals surface area contributed by atoms with E-state index in [0.717, 1.165) is 24.8 Å². The largest absolute Gasteiger partial charge is 0.377 e. The van der Waals surface area contributed by atoms with Gasteiger partial charge in [-0.25, -0.2) is 0 Å². The van der Waals surface area contributed by atoms with Crippen molar-refractivity contribution in [1.82, 2.24) is 0 Å². The molecule has 1 heterocycles. The first-order chi connectivity index (χ1) is 8.05. The van der Waals surface area contributed by atoms with Crippen LogP contribution >= 0.6 is 15.9 Å². The standard InChI is InChI=1S/C14H27BrO2/c1-5-14(6-2,9-15)10-16-13-7-11(3)17-12(4)8-13/h11-13H,5-10H2,1-4H3. The zero-order valence-corrected chi connectivity index (χ0v) is 13.3. The molecular weight excluding hydrogens is 280 g/mol. The Morgan fingerprint density at radius 3 is 2.12 bits per heavy atom. The van der Waals surface area contributed by atoms with Gasteiger partial charge in [-0.05, 0) is 39.5 Å². The Kier molecular flexibility index (Phi) is 6.46. The van der Waals surface area contributed by atoms with E-state index >= 15 is 0 Å². The molecule has 0 N–H and O–H groups in total. The maximum atomic E-state index is 6.15. The van der Waals surface area contributed by atoms with Crippen LogP contribution in [0.5, 0.6) is 0 Å². The lowest BCUT2D eigenvalue weighted by molar-refractivity contribution is -0.114. The number of alkyl halides is 1. The summed E-state index contributed by atoms with van der Waals surface area (Å²) < 4.78 is 11.9. The highest BCUT2D eigenvalue weighted by atomic mass is 79.9. The second-order valence-electron chi connectivity index (χ2n) is 5.50. The zero-order chi connectivity index (χ0) is 12.9. The monoisotopic (exact) mass is 306 g/mol. The molecule has 3 heteroatoms. The summed E-state index contributed by atoms with van der Waals surface area (Å²) >= 11 is 3.64. The predicted molar refractivity (Wildman–Crippen MR) is 75.8 cm³/mol. The Morgan fingerprint density at radius 1 is 1.18 bits per heavy atom. The topological polar surface area (TPSA) is 18.5 Å². The molecule has 1 aliphatic heterocycles. The highest BCUT2D eigenvalue weighted by Gasteiger charge is 2.30. The molecule has 1 fully saturated rings. The fraction of sp³-hybridized carbons (Fsp3) is 1.00. The summed E-state index contributed by atoms with van der Waals surface area (Å²) in [5.41, 5.74) is 0.310. The van der Waals surface area contributed by atoms with Crippen LogP contribution in [0.25, 0.3) is 0 Å². The Hall–Kier alpha value is 0.400. The summed E-state index contributed by atoms with van der Waals surface area (Å²) in [5, 5.41) is 1.03. The van der Waals surface area contributed by atoms with E-state index in [1.54, 1.807) is 0 Å². The lowest BCUT2D eigenvalue weighted by Crippen LogP contribution is -2.37. The van der Waals surface area contributed by atoms with Crippen LogP contribution in [0.2, 0.25) is 0 Å². The van der Waals surface area contributed by atoms with Crippen molar-refractivity contribution >= 4 is 15.9 Å². The van der Waals surface area contributed by atoms with Crippen molar-refractivity contribution in [2.75, 3.05) is 11.9 Å². The molecule has 2 atom stereocenters. The molecule has 1 aliphatic rings. The lowest BCUT2D eigenvalue weighted by Gasteiger charge is -2.36. The molecule has 0 bridgehead atoms. The molecule has 102 valence electrons. The number of hydrogen-bond acceptors (Lipinski definition) is 2. The first-order valence-corrected chi connectivity index (χ1v) is 8.00. The average Bonchev–Trinajstić information content (AvgIpc) is 2.30. The minimum atomic E-state index is 0.310. The van der Waals surface area contributed by atoms with Gasteiger partial charge in [0, 0.05) is 10.7 Å². The minimum Gasteiger partial charge on any atom is -0.377 e. The maximum Gasteiger partial charge on any atom is 0.0624 e. The average molecular weight is 307 g/mol. The van der Waals surface area contributed by atoms with Crippen LogP contribution in [-0.2, 0) is 9.47 Å². The van der Waals surface area contributed by atoms with E-state index < -0.39 is 0 Å². The van der Waals surface area contributed by atoms with Gasteiger partial charge in [-0.2, -0.15) is 0 Å². The van der Waals surface area contributed by atoms with Crippen LogP contribution in [0.1, 0.15) is 53.4 Å². The second kappa shape index (κ2) is 7.10. The van der Waals surface area contributed by atoms with Gasteiger partial charge in [-0.1, -0.05) is 29.8 Å². The normalized spacial score (nSPS) is 30.5. The van der Waals surface area contributed by atoms with Gasteiger partial charge in [0.25, 0.3) is 0 Å². The second-order valence-corrected chi connectivity index (χ2v) is 6.06. The summed E-state index contributed by atoms with van der Waals surface area (Å²) in [6, 6.07) is 0. The van der Waals surface area contributed by atoms with E-state index in [4.69, 9.17) is 9.47 Å². The van der Waals surface area contributed by atoms with Crippen molar-refractivity contribution in [1.29, 1.82) is 0 Å². The van der Waals surface area contributed by atoms with Gasteiger partial charge < -0.3 is 9.47 Å². The van der Waals surface area contributed by atoms with Crippen molar-refractivity contribution in [3.63, 3.8) is 0 Å². The molecule has 0 spiro atoms. The van der Waals surface area contributed by atoms with Gasteiger partial charge in [0.15, 0.2) is 0 Å². The Morgan fingerprint density at radius 2 is 1.71 bits per heavy atom. The van der Waals surface area contributed by atoms with E-state index in [1.807, 2.05) is 0 Å². The molecule has 0 saturated carbocycles. The summed E-state index contributed by atoms with van der Waals surface area (Å²) in [4.78, 5) is 0. The first kappa shape index (κ1) is 15.5. The van der Waals surface area contributed by atoms with Crippen LogP contribution in [-0.4, -0.2) is 30.2 Å². The minimum absolute atomic E-state index is 0.310. The molecule has 2 unspecified atom stereocenters. The third-order valence-electron chi connectivity index (χ3n) is 4.06. The van der Waals surface area contributed by atoms with Gasteiger partial charge in [0.1, 0.15) is 0 Å². The molecular formula is C14H27BrO2. The SMILES string of the molecule is CCC(CC)(CBr)COC1CC(C)OC(C)C1. The van der Waals surface area contributed by atoms with Gasteiger partial charge in [-0.15, -0.1) is 0 Å². The van der Waals surface area contributed by atoms with Crippen molar-refractivity contribution in [3.8, 4) is 0 Å². The fourth-order valence-corrected chi connectivity index (χ4v) is 3.41. The Balaban J connectivity index is 2.43. The van der Waals surface area contributed by atoms with Crippen molar-refractivity contribution < 1.29 is 9.47 Å². The molecule has 2 nitrogen and oxygen atoms in total. The van der Waals surface area contributed by atoms with Crippen molar-refractivity contribution in [3.05, 3.63) is 0 Å². The van der Waals surface area contributed by atoms with Gasteiger partial charge in [0.05, 0.1) is 24.9 Å². The van der Waals surface area contributed by atoms with Crippen LogP contribution < -0.4 is 0 Å². The van der Waals surface area contributed by atoms with Crippen LogP contribution in [0.4, 0.5) is 0 Å². The zero-order valence-electron chi connectivity index (χ0n) is 11.7. The molecule has 0 aliphatic carbocycles. The van der Waals surface area contributed by atoms with Crippen molar-refractivity contribution in [2.24, 2.45) is 5.41 Å². The molecule has 0 radical (unpaired) electrons. The van der Waals surface area contributed by atoms with Gasteiger partial charge >= 0.3 is 0 Å². The molecule has 1 rings (SSSR count). The molecule has 0 aromatic rings. The smallest absolute Gasteiger partial charge is 0.0624 e. The highest BCUT2D eigenvalue weighted by Crippen LogP contribution is 2.31. The molecule has 0 aromatic heterocycles. The van der Waals surface area contributed by atoms with Crippen molar-refractivity contribution in [2.45, 2.75) is 71.7 Å². The van der Waals surface area contributed by atoms with E-state index in [-0.39, 0.29) is 0 Å². The molecule has 1 saturated heterocycles. The van der Waals surface area contributed by atoms with E-state index in [9.17, 15) is 0 Å². The summed E-state index contributed by atoms with van der Waals surface area (Å²) in [7, 11) is 0. The number of hydrogen-bond donors (Lipinski definition) is 0. The third kappa shape index (κ3) is 4.53. The van der Waals surface area contributed by atoms with E-state index in [2.05, 4.69) is 43.6 Å². The molecule has 17 heavy (non-hydrogen) atoms. The Labute approximate surface area is 115 Å². The summed E-state index contributed by atoms with van der Waals surface area (Å²) in [6.07, 6.45) is 5.47. The predicted octanol–water partition coefficient (Wildman–Crippen LogP) is 4.16. The van der Waals surface area contributed by atoms with Crippen LogP contribution in [0.15, 0.2) is 0 Å². The van der Waals surface area contributed by atoms with Crippen LogP contribution in [0.3, 0.4) is 0 Å². The van der Waals surface area contributed by atoms with Crippen LogP contribution in [0, 0.1) is 5.41 Å². The third-order valence-corrected chi connectivity index (χ3v) is 5.25. The molecule has 0 aromatic carbocycles. The number of halogens is 1. The highest BCUT2D eigenvalue weighted by molar-refractivity contribution is 9.09. The fourth-order valence-electron chi connectivity index (χ4n) is 2.46. The summed E-state index contributed by atoms with van der Waals surface area (Å²) in [5.74, 6) is 0. The van der Waals surface area contributed by atoms with Gasteiger partial charge in [0.2, 0.25) is 0 Å². The van der Waals surface area contributed by atoms with Gasteiger partial charge in [-0.3, -0.25) is 0 Å².